The van der Waals surface area contributed by atoms with Crippen molar-refractivity contribution < 1.29 is 4.92 Å². The van der Waals surface area contributed by atoms with E-state index in [0.717, 1.165) is 26.1 Å². The van der Waals surface area contributed by atoms with Crippen molar-refractivity contribution in [3.8, 4) is 0 Å². The molecule has 1 unspecified atom stereocenters. The first kappa shape index (κ1) is 13.1. The molecular weight excluding hydrogens is 258 g/mol. The van der Waals surface area contributed by atoms with Gasteiger partial charge in [0.25, 0.3) is 5.69 Å². The molecule has 2 aliphatic rings. The van der Waals surface area contributed by atoms with Gasteiger partial charge in [-0.05, 0) is 25.8 Å². The molecule has 0 saturated carbocycles. The molecule has 7 nitrogen and oxygen atoms in total. The molecule has 0 bridgehead atoms. The number of hydrogen-bond acceptors (Lipinski definition) is 6. The third-order valence-corrected chi connectivity index (χ3v) is 4.15. The summed E-state index contributed by atoms with van der Waals surface area (Å²) in [5.74, 6) is 0.840. The Balaban J connectivity index is 1.86. The second kappa shape index (κ2) is 5.24. The lowest BCUT2D eigenvalue weighted by Gasteiger charge is -2.26. The summed E-state index contributed by atoms with van der Waals surface area (Å²) in [5, 5.41) is 10.9. The lowest BCUT2D eigenvalue weighted by Crippen LogP contribution is -2.37. The Kier molecular flexibility index (Phi) is 3.43. The molecule has 0 amide bonds. The Morgan fingerprint density at radius 2 is 2.10 bits per heavy atom. The number of rotatable bonds is 2. The van der Waals surface area contributed by atoms with Crippen LogP contribution < -0.4 is 10.6 Å². The predicted octanol–water partition coefficient (Wildman–Crippen LogP) is 1.25. The van der Waals surface area contributed by atoms with Crippen LogP contribution >= 0.6 is 0 Å². The smallest absolute Gasteiger partial charge is 0.276 e. The van der Waals surface area contributed by atoms with Crippen molar-refractivity contribution in [2.24, 2.45) is 0 Å². The number of nitrogens with two attached hydrogens (primary N) is 1. The largest absolute Gasteiger partial charge is 0.383 e. The third kappa shape index (κ3) is 2.53. The van der Waals surface area contributed by atoms with Gasteiger partial charge in [-0.1, -0.05) is 0 Å². The van der Waals surface area contributed by atoms with Crippen molar-refractivity contribution in [1.29, 1.82) is 0 Å². The van der Waals surface area contributed by atoms with E-state index in [1.165, 1.54) is 31.5 Å². The van der Waals surface area contributed by atoms with E-state index in [2.05, 4.69) is 14.8 Å². The Hall–Kier alpha value is -1.89. The van der Waals surface area contributed by atoms with Gasteiger partial charge in [0.05, 0.1) is 17.1 Å². The summed E-state index contributed by atoms with van der Waals surface area (Å²) in [6.45, 7) is 4.03. The van der Waals surface area contributed by atoms with Gasteiger partial charge in [0.15, 0.2) is 0 Å². The number of pyridine rings is 1. The predicted molar refractivity (Wildman–Crippen MR) is 76.7 cm³/mol. The second-order valence-corrected chi connectivity index (χ2v) is 5.50. The molecule has 108 valence electrons. The van der Waals surface area contributed by atoms with Crippen LogP contribution in [0.5, 0.6) is 0 Å². The highest BCUT2D eigenvalue weighted by molar-refractivity contribution is 5.54. The number of nitrogen functional groups attached to an aromatic ring is 1. The highest BCUT2D eigenvalue weighted by Crippen LogP contribution is 2.27. The summed E-state index contributed by atoms with van der Waals surface area (Å²) in [6.07, 6.45) is 3.49. The van der Waals surface area contributed by atoms with Gasteiger partial charge in [0.1, 0.15) is 11.6 Å². The zero-order valence-electron chi connectivity index (χ0n) is 11.4. The van der Waals surface area contributed by atoms with Crippen molar-refractivity contribution in [2.75, 3.05) is 36.8 Å². The van der Waals surface area contributed by atoms with E-state index in [-0.39, 0.29) is 11.5 Å². The fourth-order valence-corrected chi connectivity index (χ4v) is 3.20. The quantitative estimate of drug-likeness (QED) is 0.646. The van der Waals surface area contributed by atoms with Gasteiger partial charge in [-0.3, -0.25) is 15.0 Å². The van der Waals surface area contributed by atoms with Crippen LogP contribution in [0.1, 0.15) is 19.3 Å². The standard InChI is InChI=1S/C13H19N5O2/c14-12-7-11(18(19)20)8-13(15-12)17-6-2-5-16-4-1-3-10(16)9-17/h7-8,10H,1-6,9H2,(H2,14,15). The molecule has 1 atom stereocenters. The van der Waals surface area contributed by atoms with Crippen LogP contribution in [-0.2, 0) is 0 Å². The zero-order chi connectivity index (χ0) is 14.1. The van der Waals surface area contributed by atoms with Crippen molar-refractivity contribution in [3.05, 3.63) is 22.2 Å². The van der Waals surface area contributed by atoms with Crippen LogP contribution in [0.15, 0.2) is 12.1 Å². The molecule has 0 spiro atoms. The van der Waals surface area contributed by atoms with E-state index in [1.807, 2.05) is 0 Å². The third-order valence-electron chi connectivity index (χ3n) is 4.15. The van der Waals surface area contributed by atoms with Gasteiger partial charge < -0.3 is 10.6 Å². The maximum Gasteiger partial charge on any atom is 0.276 e. The normalized spacial score (nSPS) is 23.4. The molecule has 2 aliphatic heterocycles. The van der Waals surface area contributed by atoms with E-state index in [9.17, 15) is 10.1 Å². The summed E-state index contributed by atoms with van der Waals surface area (Å²) >= 11 is 0. The molecule has 7 heteroatoms. The maximum absolute atomic E-state index is 10.9. The fraction of sp³-hybridized carbons (Fsp3) is 0.615. The Bertz CT molecular complexity index is 521. The van der Waals surface area contributed by atoms with Crippen LogP contribution in [0.4, 0.5) is 17.3 Å². The summed E-state index contributed by atoms with van der Waals surface area (Å²) in [6, 6.07) is 3.38. The molecular formula is C13H19N5O2. The van der Waals surface area contributed by atoms with Gasteiger partial charge in [-0.25, -0.2) is 4.98 Å². The molecule has 1 aromatic rings. The van der Waals surface area contributed by atoms with Crippen LogP contribution in [0, 0.1) is 10.1 Å². The average molecular weight is 277 g/mol. The average Bonchev–Trinajstić information content (AvgIpc) is 2.75. The van der Waals surface area contributed by atoms with Gasteiger partial charge in [0.2, 0.25) is 0 Å². The molecule has 0 aliphatic carbocycles. The second-order valence-electron chi connectivity index (χ2n) is 5.50. The Morgan fingerprint density at radius 3 is 2.90 bits per heavy atom. The minimum absolute atomic E-state index is 0.0139. The molecule has 0 radical (unpaired) electrons. The summed E-state index contributed by atoms with van der Waals surface area (Å²) in [5.41, 5.74) is 5.71. The molecule has 3 heterocycles. The van der Waals surface area contributed by atoms with Crippen molar-refractivity contribution in [3.63, 3.8) is 0 Å². The van der Waals surface area contributed by atoms with Gasteiger partial charge in [0, 0.05) is 25.7 Å². The molecule has 2 fully saturated rings. The first-order chi connectivity index (χ1) is 9.63. The number of aromatic nitrogens is 1. The van der Waals surface area contributed by atoms with E-state index >= 15 is 0 Å². The number of fused-ring (bicyclic) bond motifs is 1. The number of nitrogens with zero attached hydrogens (tertiary/aromatic N) is 4. The van der Waals surface area contributed by atoms with E-state index in [1.54, 1.807) is 0 Å². The molecule has 2 saturated heterocycles. The van der Waals surface area contributed by atoms with Gasteiger partial charge in [-0.15, -0.1) is 0 Å². The number of hydrogen-bond donors (Lipinski definition) is 1. The summed E-state index contributed by atoms with van der Waals surface area (Å²) in [4.78, 5) is 19.4. The van der Waals surface area contributed by atoms with Crippen LogP contribution in [-0.4, -0.2) is 47.0 Å². The zero-order valence-corrected chi connectivity index (χ0v) is 11.4. The fourth-order valence-electron chi connectivity index (χ4n) is 3.20. The monoisotopic (exact) mass is 277 g/mol. The van der Waals surface area contributed by atoms with Crippen LogP contribution in [0.25, 0.3) is 0 Å². The van der Waals surface area contributed by atoms with Crippen LogP contribution in [0.3, 0.4) is 0 Å². The highest BCUT2D eigenvalue weighted by Gasteiger charge is 2.29. The molecule has 3 rings (SSSR count). The van der Waals surface area contributed by atoms with Crippen molar-refractivity contribution >= 4 is 17.3 Å². The lowest BCUT2D eigenvalue weighted by molar-refractivity contribution is -0.384. The van der Waals surface area contributed by atoms with Crippen molar-refractivity contribution in [2.45, 2.75) is 25.3 Å². The first-order valence-electron chi connectivity index (χ1n) is 7.04. The topological polar surface area (TPSA) is 88.5 Å². The van der Waals surface area contributed by atoms with Gasteiger partial charge in [-0.2, -0.15) is 0 Å². The first-order valence-corrected chi connectivity index (χ1v) is 7.04. The Morgan fingerprint density at radius 1 is 1.30 bits per heavy atom. The molecule has 2 N–H and O–H groups in total. The SMILES string of the molecule is Nc1cc([N+](=O)[O-])cc(N2CCCN3CCCC3C2)n1. The van der Waals surface area contributed by atoms with Crippen molar-refractivity contribution in [1.82, 2.24) is 9.88 Å². The Labute approximate surface area is 117 Å². The molecule has 0 aromatic carbocycles. The summed E-state index contributed by atoms with van der Waals surface area (Å²) in [7, 11) is 0. The molecule has 20 heavy (non-hydrogen) atoms. The van der Waals surface area contributed by atoms with E-state index in [4.69, 9.17) is 5.73 Å². The number of anilines is 2. The maximum atomic E-state index is 10.9. The highest BCUT2D eigenvalue weighted by atomic mass is 16.6. The minimum atomic E-state index is -0.415. The van der Waals surface area contributed by atoms with Crippen LogP contribution in [0.2, 0.25) is 0 Å². The summed E-state index contributed by atoms with van der Waals surface area (Å²) < 4.78 is 0. The lowest BCUT2D eigenvalue weighted by atomic mass is 10.2. The van der Waals surface area contributed by atoms with E-state index in [0.29, 0.717) is 11.9 Å². The number of nitro groups is 1. The van der Waals surface area contributed by atoms with Gasteiger partial charge >= 0.3 is 0 Å². The minimum Gasteiger partial charge on any atom is -0.383 e. The van der Waals surface area contributed by atoms with E-state index < -0.39 is 4.92 Å². The molecule has 1 aromatic heterocycles.